The number of nitrogens with zero attached hydrogens (tertiary/aromatic N) is 1. The van der Waals surface area contributed by atoms with Crippen LogP contribution in [0, 0.1) is 0 Å². The van der Waals surface area contributed by atoms with Gasteiger partial charge < -0.3 is 15.4 Å². The molecule has 1 aliphatic heterocycles. The second kappa shape index (κ2) is 6.71. The maximum Gasteiger partial charge on any atom is 0.191 e. The Hall–Kier alpha value is -0.770. The van der Waals surface area contributed by atoms with Crippen LogP contribution in [0.25, 0.3) is 0 Å². The van der Waals surface area contributed by atoms with Gasteiger partial charge >= 0.3 is 0 Å². The van der Waals surface area contributed by atoms with Crippen molar-refractivity contribution in [2.24, 2.45) is 4.99 Å². The quantitative estimate of drug-likeness (QED) is 0.587. The summed E-state index contributed by atoms with van der Waals surface area (Å²) in [5, 5.41) is 6.37. The van der Waals surface area contributed by atoms with Crippen LogP contribution in [0.3, 0.4) is 0 Å². The van der Waals surface area contributed by atoms with E-state index < -0.39 is 0 Å². The number of hydrogen-bond donors (Lipinski definition) is 2. The van der Waals surface area contributed by atoms with Gasteiger partial charge in [0.15, 0.2) is 5.96 Å². The summed E-state index contributed by atoms with van der Waals surface area (Å²) in [6.45, 7) is 6.64. The van der Waals surface area contributed by atoms with E-state index in [4.69, 9.17) is 4.74 Å². The zero-order valence-corrected chi connectivity index (χ0v) is 8.31. The fraction of sp³-hybridized carbons (Fsp3) is 0.889. The molecule has 0 aromatic heterocycles. The van der Waals surface area contributed by atoms with Crippen LogP contribution in [-0.2, 0) is 4.74 Å². The normalized spacial score (nSPS) is 15.3. The zero-order chi connectivity index (χ0) is 9.36. The minimum atomic E-state index is 0.841. The van der Waals surface area contributed by atoms with Gasteiger partial charge in [0.25, 0.3) is 0 Å². The lowest BCUT2D eigenvalue weighted by Gasteiger charge is -2.06. The minimum absolute atomic E-state index is 0.841. The second-order valence-corrected chi connectivity index (χ2v) is 3.05. The largest absolute Gasteiger partial charge is 0.381 e. The van der Waals surface area contributed by atoms with Gasteiger partial charge in [-0.15, -0.1) is 0 Å². The molecule has 1 aliphatic rings. The minimum Gasteiger partial charge on any atom is -0.381 e. The summed E-state index contributed by atoms with van der Waals surface area (Å²) in [5.41, 5.74) is 0. The van der Waals surface area contributed by atoms with Gasteiger partial charge in [0, 0.05) is 26.3 Å². The van der Waals surface area contributed by atoms with Crippen molar-refractivity contribution in [2.45, 2.75) is 19.8 Å². The number of rotatable bonds is 6. The average molecular weight is 185 g/mol. The Bertz CT molecular complexity index is 159. The summed E-state index contributed by atoms with van der Waals surface area (Å²) >= 11 is 0. The lowest BCUT2D eigenvalue weighted by Crippen LogP contribution is -2.34. The Morgan fingerprint density at radius 2 is 2.46 bits per heavy atom. The molecule has 0 unspecified atom stereocenters. The summed E-state index contributed by atoms with van der Waals surface area (Å²) in [4.78, 5) is 4.22. The number of hydrogen-bond acceptors (Lipinski definition) is 4. The molecule has 0 aliphatic carbocycles. The highest BCUT2D eigenvalue weighted by atomic mass is 16.5. The fourth-order valence-electron chi connectivity index (χ4n) is 1.14. The van der Waals surface area contributed by atoms with Crippen LogP contribution in [0.4, 0.5) is 0 Å². The SMILES string of the molecule is CCCOCCCNC1=NCCN1. The van der Waals surface area contributed by atoms with Crippen molar-refractivity contribution >= 4 is 5.96 Å². The molecule has 0 atom stereocenters. The van der Waals surface area contributed by atoms with E-state index in [1.807, 2.05) is 0 Å². The first-order chi connectivity index (χ1) is 6.43. The van der Waals surface area contributed by atoms with E-state index in [-0.39, 0.29) is 0 Å². The van der Waals surface area contributed by atoms with E-state index in [1.54, 1.807) is 0 Å². The maximum absolute atomic E-state index is 5.35. The highest BCUT2D eigenvalue weighted by Gasteiger charge is 2.01. The monoisotopic (exact) mass is 185 g/mol. The molecule has 2 N–H and O–H groups in total. The molecule has 4 nitrogen and oxygen atoms in total. The standard InChI is InChI=1S/C9H19N3O/c1-2-7-13-8-3-4-10-9-11-5-6-12-9/h2-8H2,1H3,(H2,10,11,12). The van der Waals surface area contributed by atoms with E-state index in [0.717, 1.165) is 51.6 Å². The van der Waals surface area contributed by atoms with Gasteiger partial charge in [0.05, 0.1) is 6.54 Å². The molecule has 0 saturated heterocycles. The molecule has 0 aromatic rings. The fourth-order valence-corrected chi connectivity index (χ4v) is 1.14. The van der Waals surface area contributed by atoms with Gasteiger partial charge in [-0.2, -0.15) is 0 Å². The average Bonchev–Trinajstić information content (AvgIpc) is 2.63. The summed E-state index contributed by atoms with van der Waals surface area (Å²) in [7, 11) is 0. The molecule has 76 valence electrons. The van der Waals surface area contributed by atoms with Crippen molar-refractivity contribution in [3.05, 3.63) is 0 Å². The number of ether oxygens (including phenoxy) is 1. The summed E-state index contributed by atoms with van der Waals surface area (Å²) in [6.07, 6.45) is 2.14. The number of aliphatic imine (C=N–C) groups is 1. The molecule has 4 heteroatoms. The van der Waals surface area contributed by atoms with Crippen molar-refractivity contribution in [1.29, 1.82) is 0 Å². The molecule has 0 radical (unpaired) electrons. The van der Waals surface area contributed by atoms with Crippen LogP contribution < -0.4 is 10.6 Å². The van der Waals surface area contributed by atoms with E-state index in [9.17, 15) is 0 Å². The van der Waals surface area contributed by atoms with Gasteiger partial charge in [-0.05, 0) is 12.8 Å². The first-order valence-electron chi connectivity index (χ1n) is 5.03. The van der Waals surface area contributed by atoms with Gasteiger partial charge in [-0.25, -0.2) is 0 Å². The van der Waals surface area contributed by atoms with Gasteiger partial charge in [0.2, 0.25) is 0 Å². The molecule has 1 rings (SSSR count). The van der Waals surface area contributed by atoms with Gasteiger partial charge in [0.1, 0.15) is 0 Å². The van der Waals surface area contributed by atoms with E-state index >= 15 is 0 Å². The van der Waals surface area contributed by atoms with Crippen LogP contribution in [0.5, 0.6) is 0 Å². The number of guanidine groups is 1. The van der Waals surface area contributed by atoms with Gasteiger partial charge in [-0.1, -0.05) is 6.92 Å². The van der Waals surface area contributed by atoms with Crippen LogP contribution in [0.1, 0.15) is 19.8 Å². The topological polar surface area (TPSA) is 45.6 Å². The van der Waals surface area contributed by atoms with Crippen molar-refractivity contribution in [2.75, 3.05) is 32.8 Å². The molecule has 0 bridgehead atoms. The van der Waals surface area contributed by atoms with Crippen molar-refractivity contribution in [3.8, 4) is 0 Å². The Morgan fingerprint density at radius 3 is 3.15 bits per heavy atom. The lowest BCUT2D eigenvalue weighted by molar-refractivity contribution is 0.133. The Morgan fingerprint density at radius 1 is 1.54 bits per heavy atom. The molecule has 1 heterocycles. The van der Waals surface area contributed by atoms with Crippen LogP contribution in [0.15, 0.2) is 4.99 Å². The Labute approximate surface area is 79.8 Å². The third-order valence-electron chi connectivity index (χ3n) is 1.78. The zero-order valence-electron chi connectivity index (χ0n) is 8.31. The molecule has 13 heavy (non-hydrogen) atoms. The predicted molar refractivity (Wildman–Crippen MR) is 54.0 cm³/mol. The van der Waals surface area contributed by atoms with Crippen LogP contribution in [0.2, 0.25) is 0 Å². The molecule has 0 amide bonds. The second-order valence-electron chi connectivity index (χ2n) is 3.05. The molecule has 0 fully saturated rings. The Balaban J connectivity index is 1.83. The van der Waals surface area contributed by atoms with Crippen molar-refractivity contribution in [1.82, 2.24) is 10.6 Å². The molecular weight excluding hydrogens is 166 g/mol. The summed E-state index contributed by atoms with van der Waals surface area (Å²) in [5.74, 6) is 0.940. The van der Waals surface area contributed by atoms with E-state index in [0.29, 0.717) is 0 Å². The lowest BCUT2D eigenvalue weighted by atomic mass is 10.4. The third kappa shape index (κ3) is 4.72. The maximum atomic E-state index is 5.35. The van der Waals surface area contributed by atoms with Crippen LogP contribution in [-0.4, -0.2) is 38.8 Å². The Kier molecular flexibility index (Phi) is 5.33. The molecule has 0 spiro atoms. The van der Waals surface area contributed by atoms with Crippen LogP contribution >= 0.6 is 0 Å². The smallest absolute Gasteiger partial charge is 0.191 e. The van der Waals surface area contributed by atoms with E-state index in [1.165, 1.54) is 0 Å². The molecule has 0 aromatic carbocycles. The highest BCUT2D eigenvalue weighted by Crippen LogP contribution is 1.85. The van der Waals surface area contributed by atoms with E-state index in [2.05, 4.69) is 22.5 Å². The van der Waals surface area contributed by atoms with Gasteiger partial charge in [-0.3, -0.25) is 4.99 Å². The molecule has 0 saturated carbocycles. The first-order valence-corrected chi connectivity index (χ1v) is 5.03. The summed E-state index contributed by atoms with van der Waals surface area (Å²) in [6, 6.07) is 0. The van der Waals surface area contributed by atoms with Crippen molar-refractivity contribution in [3.63, 3.8) is 0 Å². The third-order valence-corrected chi connectivity index (χ3v) is 1.78. The highest BCUT2D eigenvalue weighted by molar-refractivity contribution is 5.81. The predicted octanol–water partition coefficient (Wildman–Crippen LogP) is 0.352. The number of nitrogens with one attached hydrogen (secondary N) is 2. The van der Waals surface area contributed by atoms with Crippen molar-refractivity contribution < 1.29 is 4.74 Å². The first kappa shape index (κ1) is 10.3. The summed E-state index contributed by atoms with van der Waals surface area (Å²) < 4.78 is 5.35. The molecular formula is C9H19N3O.